The highest BCUT2D eigenvalue weighted by Crippen LogP contribution is 2.46. The Bertz CT molecular complexity index is 3240. The number of benzene rings is 9. The van der Waals surface area contributed by atoms with Gasteiger partial charge in [-0.25, -0.2) is 0 Å². The number of rotatable bonds is 6. The predicted molar refractivity (Wildman–Crippen MR) is 235 cm³/mol. The summed E-state index contributed by atoms with van der Waals surface area (Å²) in [7, 11) is 0. The molecule has 2 nitrogen and oxygen atoms in total. The van der Waals surface area contributed by atoms with Gasteiger partial charge in [-0.3, -0.25) is 0 Å². The minimum Gasteiger partial charge on any atom is -0.456 e. The summed E-state index contributed by atoms with van der Waals surface area (Å²) in [6.45, 7) is 0. The summed E-state index contributed by atoms with van der Waals surface area (Å²) >= 11 is 1.86. The second-order valence-corrected chi connectivity index (χ2v) is 15.2. The number of thiophene rings is 1. The van der Waals surface area contributed by atoms with Crippen LogP contribution in [0, 0.1) is 0 Å². The van der Waals surface area contributed by atoms with Crippen molar-refractivity contribution in [3.05, 3.63) is 200 Å². The van der Waals surface area contributed by atoms with Gasteiger partial charge in [0.25, 0.3) is 0 Å². The van der Waals surface area contributed by atoms with Gasteiger partial charge in [0.15, 0.2) is 0 Å². The van der Waals surface area contributed by atoms with Crippen LogP contribution in [0.5, 0.6) is 0 Å². The summed E-state index contributed by atoms with van der Waals surface area (Å²) in [6.07, 6.45) is 0. The second kappa shape index (κ2) is 12.9. The Morgan fingerprint density at radius 1 is 0.364 bits per heavy atom. The Labute approximate surface area is 322 Å². The molecule has 0 aliphatic heterocycles. The molecular formula is C52H33NOS. The highest BCUT2D eigenvalue weighted by atomic mass is 32.1. The molecule has 9 aromatic carbocycles. The van der Waals surface area contributed by atoms with E-state index in [4.69, 9.17) is 4.42 Å². The molecule has 0 amide bonds. The Hall–Kier alpha value is -6.94. The largest absolute Gasteiger partial charge is 0.456 e. The highest BCUT2D eigenvalue weighted by molar-refractivity contribution is 7.25. The molecular weight excluding hydrogens is 687 g/mol. The van der Waals surface area contributed by atoms with Crippen LogP contribution in [0.1, 0.15) is 0 Å². The van der Waals surface area contributed by atoms with E-state index < -0.39 is 0 Å². The number of anilines is 3. The molecule has 0 bridgehead atoms. The van der Waals surface area contributed by atoms with E-state index in [1.807, 2.05) is 17.4 Å². The summed E-state index contributed by atoms with van der Waals surface area (Å²) < 4.78 is 9.00. The third-order valence-electron chi connectivity index (χ3n) is 10.8. The lowest BCUT2D eigenvalue weighted by Gasteiger charge is -2.29. The molecule has 2 aromatic heterocycles. The number of fused-ring (bicyclic) bond motifs is 7. The maximum absolute atomic E-state index is 6.38. The molecule has 0 atom stereocenters. The monoisotopic (exact) mass is 719 g/mol. The lowest BCUT2D eigenvalue weighted by atomic mass is 9.96. The van der Waals surface area contributed by atoms with Gasteiger partial charge in [-0.15, -0.1) is 11.3 Å². The molecule has 0 aliphatic carbocycles. The van der Waals surface area contributed by atoms with Crippen LogP contribution >= 0.6 is 11.3 Å². The van der Waals surface area contributed by atoms with Gasteiger partial charge in [-0.1, -0.05) is 140 Å². The average molecular weight is 720 g/mol. The molecule has 11 aromatic rings. The van der Waals surface area contributed by atoms with Crippen LogP contribution in [0.15, 0.2) is 205 Å². The predicted octanol–water partition coefficient (Wildman–Crippen LogP) is 15.6. The fraction of sp³-hybridized carbons (Fsp3) is 0. The zero-order chi connectivity index (χ0) is 36.3. The van der Waals surface area contributed by atoms with Crippen LogP contribution in [0.2, 0.25) is 0 Å². The zero-order valence-corrected chi connectivity index (χ0v) is 30.6. The molecule has 0 N–H and O–H groups in total. The van der Waals surface area contributed by atoms with Crippen molar-refractivity contribution in [1.82, 2.24) is 0 Å². The molecule has 0 saturated carbocycles. The number of nitrogens with zero attached hydrogens (tertiary/aromatic N) is 1. The fourth-order valence-electron chi connectivity index (χ4n) is 8.25. The lowest BCUT2D eigenvalue weighted by Crippen LogP contribution is -2.11. The van der Waals surface area contributed by atoms with Crippen molar-refractivity contribution in [1.29, 1.82) is 0 Å². The van der Waals surface area contributed by atoms with Crippen LogP contribution in [0.3, 0.4) is 0 Å². The van der Waals surface area contributed by atoms with E-state index >= 15 is 0 Å². The Morgan fingerprint density at radius 2 is 0.964 bits per heavy atom. The maximum Gasteiger partial charge on any atom is 0.136 e. The van der Waals surface area contributed by atoms with E-state index in [0.717, 1.165) is 50.1 Å². The number of hydrogen-bond donors (Lipinski definition) is 0. The van der Waals surface area contributed by atoms with Crippen LogP contribution in [-0.4, -0.2) is 0 Å². The maximum atomic E-state index is 6.38. The van der Waals surface area contributed by atoms with E-state index in [0.29, 0.717) is 0 Å². The van der Waals surface area contributed by atoms with Gasteiger partial charge in [0.05, 0.1) is 5.69 Å². The van der Waals surface area contributed by atoms with Gasteiger partial charge < -0.3 is 9.32 Å². The van der Waals surface area contributed by atoms with Crippen molar-refractivity contribution < 1.29 is 4.42 Å². The minimum atomic E-state index is 0.886. The first-order valence-corrected chi connectivity index (χ1v) is 19.5. The van der Waals surface area contributed by atoms with E-state index in [-0.39, 0.29) is 0 Å². The van der Waals surface area contributed by atoms with Crippen molar-refractivity contribution in [2.45, 2.75) is 0 Å². The second-order valence-electron chi connectivity index (χ2n) is 14.1. The van der Waals surface area contributed by atoms with Crippen LogP contribution in [0.25, 0.3) is 86.3 Å². The minimum absolute atomic E-state index is 0.886. The Balaban J connectivity index is 1.11. The molecule has 0 unspecified atom stereocenters. The molecule has 55 heavy (non-hydrogen) atoms. The number of hydrogen-bond acceptors (Lipinski definition) is 3. The first-order chi connectivity index (χ1) is 27.2. The van der Waals surface area contributed by atoms with Crippen molar-refractivity contribution in [2.24, 2.45) is 0 Å². The first-order valence-electron chi connectivity index (χ1n) is 18.7. The molecule has 3 heteroatoms. The topological polar surface area (TPSA) is 16.4 Å². The molecule has 258 valence electrons. The van der Waals surface area contributed by atoms with Gasteiger partial charge in [-0.2, -0.15) is 0 Å². The normalized spacial score (nSPS) is 11.6. The van der Waals surface area contributed by atoms with Gasteiger partial charge >= 0.3 is 0 Å². The van der Waals surface area contributed by atoms with Crippen molar-refractivity contribution in [3.8, 4) is 33.4 Å². The summed E-state index contributed by atoms with van der Waals surface area (Å²) in [5.74, 6) is 0. The summed E-state index contributed by atoms with van der Waals surface area (Å²) in [4.78, 5) is 2.42. The molecule has 2 heterocycles. The van der Waals surface area contributed by atoms with Crippen molar-refractivity contribution in [3.63, 3.8) is 0 Å². The van der Waals surface area contributed by atoms with Gasteiger partial charge in [0.2, 0.25) is 0 Å². The first kappa shape index (κ1) is 31.6. The van der Waals surface area contributed by atoms with Crippen molar-refractivity contribution in [2.75, 3.05) is 4.90 Å². The van der Waals surface area contributed by atoms with E-state index in [1.165, 1.54) is 53.2 Å². The third kappa shape index (κ3) is 5.40. The number of furan rings is 1. The van der Waals surface area contributed by atoms with E-state index in [9.17, 15) is 0 Å². The SMILES string of the molecule is c1cc(-c2ccc3ccccc3c2)cc(N(c2cccc(-c3ccc4c(c3)sc3ccccc34)c2)c2ccccc2-c2cccc3oc4ccccc4c23)c1. The van der Waals surface area contributed by atoms with E-state index in [2.05, 4.69) is 199 Å². The average Bonchev–Trinajstić information content (AvgIpc) is 3.82. The van der Waals surface area contributed by atoms with Gasteiger partial charge in [0.1, 0.15) is 11.2 Å². The Kier molecular flexibility index (Phi) is 7.39. The summed E-state index contributed by atoms with van der Waals surface area (Å²) in [6, 6.07) is 72.3. The molecule has 0 radical (unpaired) electrons. The molecule has 0 saturated heterocycles. The van der Waals surface area contributed by atoms with E-state index in [1.54, 1.807) is 0 Å². The zero-order valence-electron chi connectivity index (χ0n) is 29.8. The molecule has 0 aliphatic rings. The molecule has 0 spiro atoms. The van der Waals surface area contributed by atoms with Crippen LogP contribution in [-0.2, 0) is 0 Å². The molecule has 11 rings (SSSR count). The van der Waals surface area contributed by atoms with Crippen molar-refractivity contribution >= 4 is 81.3 Å². The van der Waals surface area contributed by atoms with Gasteiger partial charge in [-0.05, 0) is 99.3 Å². The quantitative estimate of drug-likeness (QED) is 0.170. The standard InChI is InChI=1S/C52H33NOS/c1-2-13-35-30-38(27-26-34(35)12-1)36-14-9-16-40(31-36)53(41-17-10-15-37(32-41)39-28-29-44-43-19-5-8-25-50(43)55-51(44)33-39)47-22-6-3-18-42(47)45-21-11-24-49-52(45)46-20-4-7-23-48(46)54-49/h1-33H. The Morgan fingerprint density at radius 3 is 1.82 bits per heavy atom. The lowest BCUT2D eigenvalue weighted by molar-refractivity contribution is 0.669. The van der Waals surface area contributed by atoms with Crippen LogP contribution < -0.4 is 4.90 Å². The third-order valence-corrected chi connectivity index (χ3v) is 12.0. The summed E-state index contributed by atoms with van der Waals surface area (Å²) in [5, 5.41) is 7.34. The van der Waals surface area contributed by atoms with Crippen LogP contribution in [0.4, 0.5) is 17.1 Å². The fourth-order valence-corrected chi connectivity index (χ4v) is 9.39. The number of para-hydroxylation sites is 2. The summed E-state index contributed by atoms with van der Waals surface area (Å²) in [5.41, 5.74) is 12.0. The van der Waals surface area contributed by atoms with Gasteiger partial charge in [0, 0.05) is 47.9 Å². The highest BCUT2D eigenvalue weighted by Gasteiger charge is 2.21. The smallest absolute Gasteiger partial charge is 0.136 e. The molecule has 0 fully saturated rings.